The maximum absolute atomic E-state index is 13.7. The Hall–Kier alpha value is -3.05. The number of sulfonamides is 1. The number of nitrogens with zero attached hydrogens (tertiary/aromatic N) is 1. The molecule has 30 heavy (non-hydrogen) atoms. The van der Waals surface area contributed by atoms with Crippen LogP contribution in [0.4, 0.5) is 20.2 Å². The largest absolute Gasteiger partial charge is 0.354 e. The summed E-state index contributed by atoms with van der Waals surface area (Å²) in [5.41, 5.74) is 0.600. The van der Waals surface area contributed by atoms with Crippen LogP contribution in [0.2, 0.25) is 0 Å². The first-order valence-corrected chi connectivity index (χ1v) is 11.0. The number of thiophene rings is 1. The maximum Gasteiger partial charge on any atom is 0.271 e. The third-order valence-corrected chi connectivity index (χ3v) is 6.82. The number of anilines is 2. The van der Waals surface area contributed by atoms with Gasteiger partial charge in [-0.3, -0.25) is 9.52 Å². The van der Waals surface area contributed by atoms with Gasteiger partial charge in [0, 0.05) is 17.4 Å². The van der Waals surface area contributed by atoms with Crippen molar-refractivity contribution in [2.24, 2.45) is 0 Å². The molecule has 0 aliphatic carbocycles. The molecule has 158 valence electrons. The number of hydrogen-bond donors (Lipinski definition) is 2. The number of carbonyl (C=O) groups is 1. The second kappa shape index (κ2) is 8.76. The van der Waals surface area contributed by atoms with Gasteiger partial charge in [-0.15, -0.1) is 11.3 Å². The number of aromatic nitrogens is 1. The highest BCUT2D eigenvalue weighted by molar-refractivity contribution is 7.94. The first-order valence-electron chi connectivity index (χ1n) is 8.71. The van der Waals surface area contributed by atoms with Crippen LogP contribution in [0.15, 0.2) is 39.1 Å². The van der Waals surface area contributed by atoms with Crippen molar-refractivity contribution in [2.75, 3.05) is 10.0 Å². The summed E-state index contributed by atoms with van der Waals surface area (Å²) in [6, 6.07) is 5.48. The summed E-state index contributed by atoms with van der Waals surface area (Å²) in [5, 5.41) is 6.52. The van der Waals surface area contributed by atoms with Crippen LogP contribution in [0.5, 0.6) is 0 Å². The van der Waals surface area contributed by atoms with Crippen LogP contribution in [-0.2, 0) is 14.8 Å². The third-order valence-electron chi connectivity index (χ3n) is 3.92. The molecule has 0 saturated heterocycles. The lowest BCUT2D eigenvalue weighted by atomic mass is 10.2. The van der Waals surface area contributed by atoms with Crippen molar-refractivity contribution in [1.29, 1.82) is 0 Å². The van der Waals surface area contributed by atoms with Gasteiger partial charge in [0.2, 0.25) is 5.91 Å². The van der Waals surface area contributed by atoms with Gasteiger partial charge < -0.3 is 9.84 Å². The Labute approximate surface area is 175 Å². The predicted octanol–water partition coefficient (Wildman–Crippen LogP) is 4.64. The highest BCUT2D eigenvalue weighted by Gasteiger charge is 2.19. The fourth-order valence-electron chi connectivity index (χ4n) is 2.37. The van der Waals surface area contributed by atoms with Crippen molar-refractivity contribution in [1.82, 2.24) is 5.16 Å². The summed E-state index contributed by atoms with van der Waals surface area (Å²) >= 11 is 0.935. The molecule has 2 heterocycles. The molecule has 0 fully saturated rings. The zero-order chi connectivity index (χ0) is 21.9. The molecule has 1 aromatic carbocycles. The topological polar surface area (TPSA) is 101 Å². The normalized spacial score (nSPS) is 11.7. The quantitative estimate of drug-likeness (QED) is 0.543. The van der Waals surface area contributed by atoms with Crippen LogP contribution in [0.3, 0.4) is 0 Å². The molecular weight excluding hydrogens is 436 g/mol. The van der Waals surface area contributed by atoms with E-state index < -0.39 is 21.7 Å². The molecule has 0 unspecified atom stereocenters. The first-order chi connectivity index (χ1) is 14.2. The fraction of sp³-hybridized carbons (Fsp3) is 0.158. The smallest absolute Gasteiger partial charge is 0.271 e. The van der Waals surface area contributed by atoms with Gasteiger partial charge in [-0.05, 0) is 43.3 Å². The average molecular weight is 453 g/mol. The molecule has 2 N–H and O–H groups in total. The van der Waals surface area contributed by atoms with Crippen LogP contribution < -0.4 is 10.0 Å². The van der Waals surface area contributed by atoms with Crippen molar-refractivity contribution in [3.63, 3.8) is 0 Å². The number of amides is 1. The lowest BCUT2D eigenvalue weighted by Gasteiger charge is -2.07. The van der Waals surface area contributed by atoms with Gasteiger partial charge >= 0.3 is 0 Å². The molecule has 0 spiro atoms. The minimum absolute atomic E-state index is 0.0564. The Morgan fingerprint density at radius 3 is 2.70 bits per heavy atom. The molecule has 11 heteroatoms. The fourth-order valence-corrected chi connectivity index (χ4v) is 4.67. The van der Waals surface area contributed by atoms with E-state index in [0.717, 1.165) is 23.5 Å². The standard InChI is InChI=1S/C19H17F2N3O4S2/c1-3-17(25)22-19-11(2)23-28-16(19)8-5-13-6-9-18(29-13)30(26,27)24-15-7-4-12(20)10-14(15)21/h4-10,24H,3H2,1-2H3,(H,22,25). The lowest BCUT2D eigenvalue weighted by Crippen LogP contribution is -2.12. The summed E-state index contributed by atoms with van der Waals surface area (Å²) in [6.45, 7) is 3.40. The van der Waals surface area contributed by atoms with Crippen molar-refractivity contribution in [3.8, 4) is 0 Å². The molecular formula is C19H17F2N3O4S2. The van der Waals surface area contributed by atoms with Crippen LogP contribution in [0.1, 0.15) is 29.7 Å². The van der Waals surface area contributed by atoms with Gasteiger partial charge in [0.25, 0.3) is 10.0 Å². The van der Waals surface area contributed by atoms with Gasteiger partial charge in [0.15, 0.2) is 5.76 Å². The van der Waals surface area contributed by atoms with Gasteiger partial charge in [-0.2, -0.15) is 0 Å². The monoisotopic (exact) mass is 453 g/mol. The van der Waals surface area contributed by atoms with Crippen molar-refractivity contribution < 1.29 is 26.5 Å². The number of aryl methyl sites for hydroxylation is 1. The zero-order valence-corrected chi connectivity index (χ0v) is 17.5. The Bertz CT molecular complexity index is 1220. The highest BCUT2D eigenvalue weighted by atomic mass is 32.2. The SMILES string of the molecule is CCC(=O)Nc1c(C)noc1C=Cc1ccc(S(=O)(=O)Nc2ccc(F)cc2F)s1. The van der Waals surface area contributed by atoms with Crippen LogP contribution in [-0.4, -0.2) is 19.5 Å². The van der Waals surface area contributed by atoms with Crippen LogP contribution in [0.25, 0.3) is 12.2 Å². The van der Waals surface area contributed by atoms with E-state index in [1.807, 2.05) is 0 Å². The zero-order valence-electron chi connectivity index (χ0n) is 15.9. The number of nitrogens with one attached hydrogen (secondary N) is 2. The molecule has 0 bridgehead atoms. The number of benzene rings is 1. The Morgan fingerprint density at radius 2 is 2.00 bits per heavy atom. The molecule has 0 atom stereocenters. The Kier molecular flexibility index (Phi) is 6.32. The van der Waals surface area contributed by atoms with E-state index in [0.29, 0.717) is 34.5 Å². The van der Waals surface area contributed by atoms with E-state index in [-0.39, 0.29) is 15.8 Å². The Balaban J connectivity index is 1.79. The van der Waals surface area contributed by atoms with Crippen LogP contribution >= 0.6 is 11.3 Å². The van der Waals surface area contributed by atoms with Gasteiger partial charge in [-0.1, -0.05) is 12.1 Å². The summed E-state index contributed by atoms with van der Waals surface area (Å²) in [5.74, 6) is -1.70. The minimum atomic E-state index is -4.05. The Morgan fingerprint density at radius 1 is 1.23 bits per heavy atom. The molecule has 3 aromatic rings. The van der Waals surface area contributed by atoms with Gasteiger partial charge in [0.1, 0.15) is 27.2 Å². The van der Waals surface area contributed by atoms with E-state index in [2.05, 4.69) is 15.2 Å². The summed E-state index contributed by atoms with van der Waals surface area (Å²) in [6.07, 6.45) is 3.45. The second-order valence-corrected chi connectivity index (χ2v) is 9.15. The number of carbonyl (C=O) groups excluding carboxylic acids is 1. The molecule has 3 rings (SSSR count). The molecule has 0 saturated carbocycles. The summed E-state index contributed by atoms with van der Waals surface area (Å²) < 4.78 is 58.9. The number of hydrogen-bond acceptors (Lipinski definition) is 6. The van der Waals surface area contributed by atoms with E-state index in [1.54, 1.807) is 32.1 Å². The van der Waals surface area contributed by atoms with Gasteiger partial charge in [-0.25, -0.2) is 17.2 Å². The van der Waals surface area contributed by atoms with E-state index in [4.69, 9.17) is 4.52 Å². The van der Waals surface area contributed by atoms with Crippen molar-refractivity contribution in [2.45, 2.75) is 24.5 Å². The molecule has 2 aromatic heterocycles. The number of halogens is 2. The molecule has 1 amide bonds. The van der Waals surface area contributed by atoms with Crippen LogP contribution in [0, 0.1) is 18.6 Å². The third kappa shape index (κ3) is 4.92. The molecule has 0 aliphatic heterocycles. The van der Waals surface area contributed by atoms with E-state index >= 15 is 0 Å². The van der Waals surface area contributed by atoms with Crippen molar-refractivity contribution in [3.05, 3.63) is 58.3 Å². The summed E-state index contributed by atoms with van der Waals surface area (Å²) in [4.78, 5) is 12.2. The summed E-state index contributed by atoms with van der Waals surface area (Å²) in [7, 11) is -4.05. The van der Waals surface area contributed by atoms with E-state index in [1.165, 1.54) is 6.07 Å². The predicted molar refractivity (Wildman–Crippen MR) is 111 cm³/mol. The van der Waals surface area contributed by atoms with Crippen molar-refractivity contribution >= 4 is 50.8 Å². The number of rotatable bonds is 7. The highest BCUT2D eigenvalue weighted by Crippen LogP contribution is 2.28. The lowest BCUT2D eigenvalue weighted by molar-refractivity contribution is -0.115. The molecule has 0 aliphatic rings. The van der Waals surface area contributed by atoms with E-state index in [9.17, 15) is 22.0 Å². The second-order valence-electron chi connectivity index (χ2n) is 6.13. The maximum atomic E-state index is 13.7. The van der Waals surface area contributed by atoms with Gasteiger partial charge in [0.05, 0.1) is 5.69 Å². The average Bonchev–Trinajstić information content (AvgIpc) is 3.30. The minimum Gasteiger partial charge on any atom is -0.354 e. The molecule has 7 nitrogen and oxygen atoms in total. The molecule has 0 radical (unpaired) electrons. The first kappa shape index (κ1) is 21.7.